The molecule has 0 aliphatic heterocycles. The van der Waals surface area contributed by atoms with Crippen LogP contribution in [0, 0.1) is 0 Å². The van der Waals surface area contributed by atoms with Gasteiger partial charge in [0, 0.05) is 19.6 Å². The molecule has 0 saturated carbocycles. The molecule has 3 heteroatoms. The number of hydrogen-bond acceptors (Lipinski definition) is 2. The SMILES string of the molecule is CCN(C)C(=O)CNC1CCCc2ccccc21. The van der Waals surface area contributed by atoms with Crippen molar-refractivity contribution >= 4 is 5.91 Å². The van der Waals surface area contributed by atoms with E-state index in [1.54, 1.807) is 4.90 Å². The Morgan fingerprint density at radius 3 is 3.00 bits per heavy atom. The monoisotopic (exact) mass is 246 g/mol. The van der Waals surface area contributed by atoms with Gasteiger partial charge in [0.1, 0.15) is 0 Å². The molecule has 18 heavy (non-hydrogen) atoms. The maximum absolute atomic E-state index is 11.8. The molecule has 0 spiro atoms. The van der Waals surface area contributed by atoms with Crippen molar-refractivity contribution in [3.05, 3.63) is 35.4 Å². The lowest BCUT2D eigenvalue weighted by Gasteiger charge is -2.27. The van der Waals surface area contributed by atoms with Crippen LogP contribution in [-0.2, 0) is 11.2 Å². The van der Waals surface area contributed by atoms with E-state index in [2.05, 4.69) is 29.6 Å². The molecule has 1 unspecified atom stereocenters. The van der Waals surface area contributed by atoms with E-state index in [0.29, 0.717) is 12.6 Å². The fourth-order valence-electron chi connectivity index (χ4n) is 2.49. The summed E-state index contributed by atoms with van der Waals surface area (Å²) in [6.45, 7) is 3.19. The molecule has 1 atom stereocenters. The first-order valence-electron chi connectivity index (χ1n) is 6.77. The number of hydrogen-bond donors (Lipinski definition) is 1. The molecule has 3 nitrogen and oxygen atoms in total. The molecule has 0 fully saturated rings. The van der Waals surface area contributed by atoms with Gasteiger partial charge in [0.2, 0.25) is 5.91 Å². The smallest absolute Gasteiger partial charge is 0.236 e. The van der Waals surface area contributed by atoms with Crippen LogP contribution in [0.5, 0.6) is 0 Å². The minimum atomic E-state index is 0.167. The van der Waals surface area contributed by atoms with Gasteiger partial charge < -0.3 is 10.2 Å². The summed E-state index contributed by atoms with van der Waals surface area (Å²) in [6, 6.07) is 8.89. The highest BCUT2D eigenvalue weighted by molar-refractivity contribution is 5.77. The standard InChI is InChI=1S/C15H22N2O/c1-3-17(2)15(18)11-16-14-10-6-8-12-7-4-5-9-13(12)14/h4-5,7,9,14,16H,3,6,8,10-11H2,1-2H3. The third-order valence-electron chi connectivity index (χ3n) is 3.77. The molecule has 1 aliphatic rings. The van der Waals surface area contributed by atoms with E-state index in [1.165, 1.54) is 17.5 Å². The van der Waals surface area contributed by atoms with Crippen LogP contribution in [0.1, 0.15) is 36.9 Å². The summed E-state index contributed by atoms with van der Waals surface area (Å²) in [7, 11) is 1.85. The fourth-order valence-corrected chi connectivity index (χ4v) is 2.49. The zero-order valence-corrected chi connectivity index (χ0v) is 11.3. The van der Waals surface area contributed by atoms with Crippen LogP contribution in [0.15, 0.2) is 24.3 Å². The van der Waals surface area contributed by atoms with Crippen molar-refractivity contribution in [3.8, 4) is 0 Å². The molecule has 0 aromatic heterocycles. The van der Waals surface area contributed by atoms with E-state index in [-0.39, 0.29) is 5.91 Å². The molecule has 0 heterocycles. The summed E-state index contributed by atoms with van der Waals surface area (Å²) in [4.78, 5) is 13.5. The molecule has 1 aromatic rings. The van der Waals surface area contributed by atoms with E-state index >= 15 is 0 Å². The Morgan fingerprint density at radius 2 is 2.22 bits per heavy atom. The number of aryl methyl sites for hydroxylation is 1. The molecule has 2 rings (SSSR count). The molecule has 1 aliphatic carbocycles. The molecule has 1 amide bonds. The predicted molar refractivity (Wildman–Crippen MR) is 73.4 cm³/mol. The number of fused-ring (bicyclic) bond motifs is 1. The van der Waals surface area contributed by atoms with Crippen LogP contribution in [0.25, 0.3) is 0 Å². The second kappa shape index (κ2) is 6.01. The molecule has 0 saturated heterocycles. The van der Waals surface area contributed by atoms with Crippen LogP contribution in [0.4, 0.5) is 0 Å². The van der Waals surface area contributed by atoms with Crippen molar-refractivity contribution in [2.24, 2.45) is 0 Å². The summed E-state index contributed by atoms with van der Waals surface area (Å²) in [5.74, 6) is 0.167. The van der Waals surface area contributed by atoms with Gasteiger partial charge in [-0.05, 0) is 37.3 Å². The van der Waals surface area contributed by atoms with Gasteiger partial charge in [-0.3, -0.25) is 4.79 Å². The second-order valence-electron chi connectivity index (χ2n) is 4.93. The van der Waals surface area contributed by atoms with Crippen LogP contribution >= 0.6 is 0 Å². The Balaban J connectivity index is 1.97. The van der Waals surface area contributed by atoms with Gasteiger partial charge in [-0.1, -0.05) is 24.3 Å². The number of amides is 1. The lowest BCUT2D eigenvalue weighted by Crippen LogP contribution is -2.37. The van der Waals surface area contributed by atoms with E-state index in [9.17, 15) is 4.79 Å². The van der Waals surface area contributed by atoms with Gasteiger partial charge in [0.05, 0.1) is 6.54 Å². The van der Waals surface area contributed by atoms with Crippen molar-refractivity contribution in [2.75, 3.05) is 20.1 Å². The van der Waals surface area contributed by atoms with Gasteiger partial charge in [-0.15, -0.1) is 0 Å². The minimum absolute atomic E-state index is 0.167. The van der Waals surface area contributed by atoms with Crippen molar-refractivity contribution < 1.29 is 4.79 Å². The van der Waals surface area contributed by atoms with E-state index in [4.69, 9.17) is 0 Å². The quantitative estimate of drug-likeness (QED) is 0.882. The molecule has 98 valence electrons. The largest absolute Gasteiger partial charge is 0.345 e. The highest BCUT2D eigenvalue weighted by atomic mass is 16.2. The second-order valence-corrected chi connectivity index (χ2v) is 4.93. The highest BCUT2D eigenvalue weighted by Gasteiger charge is 2.20. The highest BCUT2D eigenvalue weighted by Crippen LogP contribution is 2.29. The average Bonchev–Trinajstić information content (AvgIpc) is 2.43. The first-order valence-corrected chi connectivity index (χ1v) is 6.77. The van der Waals surface area contributed by atoms with E-state index in [0.717, 1.165) is 19.4 Å². The lowest BCUT2D eigenvalue weighted by atomic mass is 9.88. The topological polar surface area (TPSA) is 32.3 Å². The maximum atomic E-state index is 11.8. The van der Waals surface area contributed by atoms with Crippen molar-refractivity contribution in [1.29, 1.82) is 0 Å². The number of carbonyl (C=O) groups is 1. The van der Waals surface area contributed by atoms with Crippen LogP contribution < -0.4 is 5.32 Å². The number of nitrogens with zero attached hydrogens (tertiary/aromatic N) is 1. The Kier molecular flexibility index (Phi) is 4.37. The van der Waals surface area contributed by atoms with Gasteiger partial charge in [0.25, 0.3) is 0 Å². The Morgan fingerprint density at radius 1 is 1.44 bits per heavy atom. The first-order chi connectivity index (χ1) is 8.72. The number of nitrogens with one attached hydrogen (secondary N) is 1. The minimum Gasteiger partial charge on any atom is -0.345 e. The molecular formula is C15H22N2O. The van der Waals surface area contributed by atoms with Gasteiger partial charge in [-0.25, -0.2) is 0 Å². The Labute approximate surface area is 109 Å². The van der Waals surface area contributed by atoms with Gasteiger partial charge >= 0.3 is 0 Å². The molecular weight excluding hydrogens is 224 g/mol. The first kappa shape index (κ1) is 13.1. The van der Waals surface area contributed by atoms with Crippen LogP contribution in [0.3, 0.4) is 0 Å². The molecule has 0 bridgehead atoms. The zero-order valence-electron chi connectivity index (χ0n) is 11.3. The summed E-state index contributed by atoms with van der Waals surface area (Å²) < 4.78 is 0. The number of carbonyl (C=O) groups excluding carboxylic acids is 1. The number of likely N-dealkylation sites (N-methyl/N-ethyl adjacent to an activating group) is 1. The van der Waals surface area contributed by atoms with Gasteiger partial charge in [-0.2, -0.15) is 0 Å². The third kappa shape index (κ3) is 2.91. The Hall–Kier alpha value is -1.35. The van der Waals surface area contributed by atoms with Gasteiger partial charge in [0.15, 0.2) is 0 Å². The Bertz CT molecular complexity index is 417. The summed E-state index contributed by atoms with van der Waals surface area (Å²) >= 11 is 0. The molecule has 1 N–H and O–H groups in total. The maximum Gasteiger partial charge on any atom is 0.236 e. The summed E-state index contributed by atoms with van der Waals surface area (Å²) in [5.41, 5.74) is 2.80. The summed E-state index contributed by atoms with van der Waals surface area (Å²) in [5, 5.41) is 3.40. The van der Waals surface area contributed by atoms with Crippen molar-refractivity contribution in [1.82, 2.24) is 10.2 Å². The zero-order chi connectivity index (χ0) is 13.0. The summed E-state index contributed by atoms with van der Waals surface area (Å²) in [6.07, 6.45) is 3.49. The molecule has 1 aromatic carbocycles. The van der Waals surface area contributed by atoms with Crippen LogP contribution in [-0.4, -0.2) is 30.9 Å². The van der Waals surface area contributed by atoms with E-state index < -0.39 is 0 Å². The van der Waals surface area contributed by atoms with E-state index in [1.807, 2.05) is 14.0 Å². The number of benzene rings is 1. The van der Waals surface area contributed by atoms with Crippen molar-refractivity contribution in [2.45, 2.75) is 32.2 Å². The lowest BCUT2D eigenvalue weighted by molar-refractivity contribution is -0.128. The normalized spacial score (nSPS) is 18.2. The number of rotatable bonds is 4. The van der Waals surface area contributed by atoms with Crippen molar-refractivity contribution in [3.63, 3.8) is 0 Å². The molecule has 0 radical (unpaired) electrons. The average molecular weight is 246 g/mol. The fraction of sp³-hybridized carbons (Fsp3) is 0.533. The predicted octanol–water partition coefficient (Wildman–Crippen LogP) is 2.13. The third-order valence-corrected chi connectivity index (χ3v) is 3.77. The van der Waals surface area contributed by atoms with Crippen LogP contribution in [0.2, 0.25) is 0 Å².